The van der Waals surface area contributed by atoms with Gasteiger partial charge in [-0.1, -0.05) is 24.3 Å². The maximum Gasteiger partial charge on any atom is 0.322 e. The summed E-state index contributed by atoms with van der Waals surface area (Å²) in [5, 5.41) is 6.02. The number of halogens is 1. The molecular formula is C22H24FN3O2. The van der Waals surface area contributed by atoms with Gasteiger partial charge < -0.3 is 15.5 Å². The van der Waals surface area contributed by atoms with Crippen molar-refractivity contribution in [1.29, 1.82) is 0 Å². The Morgan fingerprint density at radius 2 is 1.68 bits per heavy atom. The molecule has 2 aliphatic heterocycles. The number of urea groups is 1. The highest BCUT2D eigenvalue weighted by Crippen LogP contribution is 2.34. The van der Waals surface area contributed by atoms with Gasteiger partial charge in [0.25, 0.3) is 5.91 Å². The number of nitrogens with zero attached hydrogens (tertiary/aromatic N) is 1. The number of para-hydroxylation sites is 1. The number of hydrogen-bond donors (Lipinski definition) is 2. The van der Waals surface area contributed by atoms with Crippen molar-refractivity contribution in [3.8, 4) is 0 Å². The number of benzene rings is 2. The monoisotopic (exact) mass is 381 g/mol. The predicted octanol–water partition coefficient (Wildman–Crippen LogP) is 4.17. The topological polar surface area (TPSA) is 61.4 Å². The van der Waals surface area contributed by atoms with Gasteiger partial charge >= 0.3 is 6.03 Å². The van der Waals surface area contributed by atoms with Crippen LogP contribution in [0.2, 0.25) is 0 Å². The van der Waals surface area contributed by atoms with Crippen LogP contribution in [0.5, 0.6) is 0 Å². The van der Waals surface area contributed by atoms with E-state index in [2.05, 4.69) is 10.6 Å². The first-order valence-corrected chi connectivity index (χ1v) is 9.81. The van der Waals surface area contributed by atoms with Crippen molar-refractivity contribution in [3.63, 3.8) is 0 Å². The Bertz CT molecular complexity index is 844. The van der Waals surface area contributed by atoms with Crippen molar-refractivity contribution in [2.24, 2.45) is 0 Å². The first-order chi connectivity index (χ1) is 13.6. The Hall–Kier alpha value is -2.89. The first kappa shape index (κ1) is 18.5. The lowest BCUT2D eigenvalue weighted by atomic mass is 9.82. The molecule has 28 heavy (non-hydrogen) atoms. The van der Waals surface area contributed by atoms with Gasteiger partial charge in [-0.15, -0.1) is 0 Å². The molecule has 0 radical (unpaired) electrons. The minimum absolute atomic E-state index is 0.00755. The van der Waals surface area contributed by atoms with Crippen LogP contribution in [0.1, 0.15) is 42.5 Å². The van der Waals surface area contributed by atoms with Crippen LogP contribution in [0.15, 0.2) is 54.6 Å². The molecule has 5 nitrogen and oxygen atoms in total. The maximum absolute atomic E-state index is 13.4. The van der Waals surface area contributed by atoms with E-state index in [1.54, 1.807) is 6.07 Å². The summed E-state index contributed by atoms with van der Waals surface area (Å²) in [6.45, 7) is 0. The summed E-state index contributed by atoms with van der Waals surface area (Å²) in [6.07, 6.45) is 4.41. The van der Waals surface area contributed by atoms with E-state index in [0.717, 1.165) is 37.8 Å². The molecule has 0 aliphatic carbocycles. The van der Waals surface area contributed by atoms with Crippen molar-refractivity contribution in [2.45, 2.75) is 50.2 Å². The van der Waals surface area contributed by atoms with Crippen molar-refractivity contribution in [1.82, 2.24) is 10.2 Å². The quantitative estimate of drug-likeness (QED) is 0.838. The Labute approximate surface area is 163 Å². The smallest absolute Gasteiger partial charge is 0.322 e. The van der Waals surface area contributed by atoms with Crippen LogP contribution in [-0.4, -0.2) is 35.0 Å². The van der Waals surface area contributed by atoms with Crippen LogP contribution >= 0.6 is 0 Å². The number of carbonyl (C=O) groups excluding carboxylic acids is 2. The molecular weight excluding hydrogens is 357 g/mol. The molecule has 6 heteroatoms. The summed E-state index contributed by atoms with van der Waals surface area (Å²) in [6, 6.07) is 15.3. The fraction of sp³-hybridized carbons (Fsp3) is 0.364. The van der Waals surface area contributed by atoms with Crippen LogP contribution in [0.4, 0.5) is 14.9 Å². The lowest BCUT2D eigenvalue weighted by Crippen LogP contribution is -2.59. The number of piperidine rings is 2. The number of amides is 3. The molecule has 2 saturated heterocycles. The second-order valence-corrected chi connectivity index (χ2v) is 7.59. The van der Waals surface area contributed by atoms with E-state index >= 15 is 0 Å². The third-order valence-corrected chi connectivity index (χ3v) is 5.66. The number of rotatable bonds is 3. The summed E-state index contributed by atoms with van der Waals surface area (Å²) in [5.74, 6) is -0.679. The average molecular weight is 381 g/mol. The summed E-state index contributed by atoms with van der Waals surface area (Å²) in [5.41, 5.74) is 1.11. The van der Waals surface area contributed by atoms with Crippen molar-refractivity contribution < 1.29 is 14.0 Å². The molecule has 3 amide bonds. The van der Waals surface area contributed by atoms with Crippen LogP contribution in [0.25, 0.3) is 0 Å². The number of fused-ring (bicyclic) bond motifs is 2. The van der Waals surface area contributed by atoms with Gasteiger partial charge in [-0.05, 0) is 62.4 Å². The van der Waals surface area contributed by atoms with Gasteiger partial charge in [0.1, 0.15) is 5.82 Å². The molecule has 0 saturated carbocycles. The fourth-order valence-corrected chi connectivity index (χ4v) is 4.44. The molecule has 2 fully saturated rings. The molecule has 0 unspecified atom stereocenters. The van der Waals surface area contributed by atoms with Crippen LogP contribution in [-0.2, 0) is 0 Å². The highest BCUT2D eigenvalue weighted by atomic mass is 19.1. The van der Waals surface area contributed by atoms with Crippen molar-refractivity contribution in [3.05, 3.63) is 66.0 Å². The van der Waals surface area contributed by atoms with Crippen LogP contribution in [0, 0.1) is 5.82 Å². The molecule has 4 rings (SSSR count). The maximum atomic E-state index is 13.4. The Kier molecular flexibility index (Phi) is 5.28. The zero-order chi connectivity index (χ0) is 19.5. The molecule has 146 valence electrons. The van der Waals surface area contributed by atoms with Gasteiger partial charge in [0.05, 0.1) is 0 Å². The number of hydrogen-bond acceptors (Lipinski definition) is 2. The molecule has 2 atom stereocenters. The Morgan fingerprint density at radius 3 is 2.36 bits per heavy atom. The van der Waals surface area contributed by atoms with Crippen LogP contribution < -0.4 is 10.6 Å². The minimum atomic E-state index is -0.420. The number of nitrogens with one attached hydrogen (secondary N) is 2. The SMILES string of the molecule is O=C(NC1C[C@H]2CCC[C@H](C1)N2C(=O)Nc1ccccc1)c1cccc(F)c1. The molecule has 2 aliphatic rings. The summed E-state index contributed by atoms with van der Waals surface area (Å²) >= 11 is 0. The molecule has 2 heterocycles. The van der Waals surface area contributed by atoms with E-state index in [1.165, 1.54) is 18.2 Å². The van der Waals surface area contributed by atoms with E-state index in [4.69, 9.17) is 0 Å². The van der Waals surface area contributed by atoms with Gasteiger partial charge in [-0.25, -0.2) is 9.18 Å². The van der Waals surface area contributed by atoms with E-state index in [0.29, 0.717) is 5.56 Å². The average Bonchev–Trinajstić information content (AvgIpc) is 2.68. The third-order valence-electron chi connectivity index (χ3n) is 5.66. The van der Waals surface area contributed by atoms with Crippen molar-refractivity contribution in [2.75, 3.05) is 5.32 Å². The Morgan fingerprint density at radius 1 is 0.964 bits per heavy atom. The molecule has 2 aromatic rings. The molecule has 0 spiro atoms. The Balaban J connectivity index is 1.42. The van der Waals surface area contributed by atoms with Gasteiger partial charge in [0.2, 0.25) is 0 Å². The summed E-state index contributed by atoms with van der Waals surface area (Å²) < 4.78 is 13.4. The predicted molar refractivity (Wildman–Crippen MR) is 106 cm³/mol. The standard InChI is InChI=1S/C22H24FN3O2/c23-16-7-4-6-15(12-16)21(27)24-18-13-19-10-5-11-20(14-18)26(19)22(28)25-17-8-2-1-3-9-17/h1-4,6-9,12,18-20H,5,10-11,13-14H2,(H,24,27)(H,25,28)/t19-,20-/m1/s1. The molecule has 2 N–H and O–H groups in total. The second-order valence-electron chi connectivity index (χ2n) is 7.59. The minimum Gasteiger partial charge on any atom is -0.349 e. The second kappa shape index (κ2) is 8.00. The van der Waals surface area contributed by atoms with E-state index < -0.39 is 5.82 Å². The highest BCUT2D eigenvalue weighted by molar-refractivity contribution is 5.94. The van der Waals surface area contributed by atoms with Gasteiger partial charge in [0.15, 0.2) is 0 Å². The summed E-state index contributed by atoms with van der Waals surface area (Å²) in [7, 11) is 0. The van der Waals surface area contributed by atoms with Gasteiger partial charge in [-0.3, -0.25) is 4.79 Å². The normalized spacial score (nSPS) is 23.8. The third kappa shape index (κ3) is 4.01. The van der Waals surface area contributed by atoms with Gasteiger partial charge in [0, 0.05) is 29.4 Å². The lowest BCUT2D eigenvalue weighted by Gasteiger charge is -2.48. The zero-order valence-corrected chi connectivity index (χ0v) is 15.6. The fourth-order valence-electron chi connectivity index (χ4n) is 4.44. The van der Waals surface area contributed by atoms with E-state index in [9.17, 15) is 14.0 Å². The molecule has 2 bridgehead atoms. The van der Waals surface area contributed by atoms with E-state index in [-0.39, 0.29) is 30.1 Å². The molecule has 2 aromatic carbocycles. The number of carbonyl (C=O) groups is 2. The lowest BCUT2D eigenvalue weighted by molar-refractivity contribution is 0.0577. The van der Waals surface area contributed by atoms with Crippen LogP contribution in [0.3, 0.4) is 0 Å². The largest absolute Gasteiger partial charge is 0.349 e. The van der Waals surface area contributed by atoms with Gasteiger partial charge in [-0.2, -0.15) is 0 Å². The summed E-state index contributed by atoms with van der Waals surface area (Å²) in [4.78, 5) is 27.3. The first-order valence-electron chi connectivity index (χ1n) is 9.81. The molecule has 0 aromatic heterocycles. The highest BCUT2D eigenvalue weighted by Gasteiger charge is 2.41. The number of anilines is 1. The van der Waals surface area contributed by atoms with E-state index in [1.807, 2.05) is 35.2 Å². The van der Waals surface area contributed by atoms with Crippen molar-refractivity contribution >= 4 is 17.6 Å². The zero-order valence-electron chi connectivity index (χ0n) is 15.6.